The molecule has 0 atom stereocenters. The number of anilines is 1. The molecular formula is C24H31N9O. The van der Waals surface area contributed by atoms with Gasteiger partial charge in [-0.3, -0.25) is 9.79 Å². The van der Waals surface area contributed by atoms with E-state index < -0.39 is 0 Å². The number of nitrogens with zero attached hydrogens (tertiary/aromatic N) is 8. The van der Waals surface area contributed by atoms with Crippen LogP contribution in [0.5, 0.6) is 0 Å². The Hall–Kier alpha value is -3.79. The molecule has 0 radical (unpaired) electrons. The van der Waals surface area contributed by atoms with Gasteiger partial charge in [-0.15, -0.1) is 0 Å². The summed E-state index contributed by atoms with van der Waals surface area (Å²) < 4.78 is 1.82. The molecule has 10 heteroatoms. The maximum atomic E-state index is 12.3. The minimum Gasteiger partial charge on any atom is -0.404 e. The van der Waals surface area contributed by atoms with E-state index in [1.54, 1.807) is 13.3 Å². The second kappa shape index (κ2) is 10.0. The Morgan fingerprint density at radius 2 is 1.97 bits per heavy atom. The average molecular weight is 462 g/mol. The summed E-state index contributed by atoms with van der Waals surface area (Å²) in [6.07, 6.45) is 8.69. The number of carbonyl (C=O) groups is 1. The molecule has 0 spiro atoms. The number of carbonyl (C=O) groups excluding carboxylic acids is 1. The molecule has 1 aliphatic heterocycles. The molecule has 3 aromatic heterocycles. The van der Waals surface area contributed by atoms with Crippen LogP contribution in [0.2, 0.25) is 0 Å². The first-order chi connectivity index (χ1) is 16.4. The summed E-state index contributed by atoms with van der Waals surface area (Å²) in [6, 6.07) is 4.04. The third kappa shape index (κ3) is 4.76. The maximum absolute atomic E-state index is 12.3. The Labute approximate surface area is 199 Å². The minimum absolute atomic E-state index is 0.165. The zero-order chi connectivity index (χ0) is 24.2. The van der Waals surface area contributed by atoms with Crippen LogP contribution in [0.15, 0.2) is 41.9 Å². The van der Waals surface area contributed by atoms with E-state index in [9.17, 15) is 4.79 Å². The molecule has 34 heavy (non-hydrogen) atoms. The third-order valence-electron chi connectivity index (χ3n) is 5.85. The Morgan fingerprint density at radius 3 is 2.59 bits per heavy atom. The van der Waals surface area contributed by atoms with E-state index in [-0.39, 0.29) is 5.91 Å². The molecule has 4 heterocycles. The number of hydrogen-bond donors (Lipinski definition) is 1. The van der Waals surface area contributed by atoms with Crippen LogP contribution in [0.3, 0.4) is 0 Å². The Bertz CT molecular complexity index is 1220. The van der Waals surface area contributed by atoms with Crippen LogP contribution in [-0.4, -0.2) is 95.4 Å². The fraction of sp³-hybridized carbons (Fsp3) is 0.375. The molecule has 10 nitrogen and oxygen atoms in total. The first-order valence-electron chi connectivity index (χ1n) is 11.2. The van der Waals surface area contributed by atoms with Crippen molar-refractivity contribution in [1.82, 2.24) is 29.4 Å². The van der Waals surface area contributed by atoms with Crippen LogP contribution in [-0.2, 0) is 4.79 Å². The molecule has 2 N–H and O–H groups in total. The lowest BCUT2D eigenvalue weighted by atomic mass is 10.1. The molecule has 0 unspecified atom stereocenters. The third-order valence-corrected chi connectivity index (χ3v) is 5.85. The number of amides is 1. The van der Waals surface area contributed by atoms with Gasteiger partial charge in [0.15, 0.2) is 0 Å². The highest BCUT2D eigenvalue weighted by atomic mass is 16.2. The molecule has 4 rings (SSSR count). The van der Waals surface area contributed by atoms with Crippen LogP contribution in [0, 0.1) is 6.92 Å². The second-order valence-corrected chi connectivity index (χ2v) is 8.62. The van der Waals surface area contributed by atoms with Crippen LogP contribution in [0.25, 0.3) is 22.3 Å². The molecule has 1 fully saturated rings. The quantitative estimate of drug-likeness (QED) is 0.552. The number of likely N-dealkylation sites (N-methyl/N-ethyl adjacent to an activating group) is 1. The number of rotatable bonds is 6. The fourth-order valence-electron chi connectivity index (χ4n) is 4.10. The number of fused-ring (bicyclic) bond motifs is 1. The highest BCUT2D eigenvalue weighted by molar-refractivity contribution is 6.09. The van der Waals surface area contributed by atoms with Gasteiger partial charge in [-0.05, 0) is 38.7 Å². The number of hydrogen-bond acceptors (Lipinski definition) is 8. The topological polar surface area (TPSA) is 108 Å². The van der Waals surface area contributed by atoms with Crippen LogP contribution in [0.1, 0.15) is 11.3 Å². The van der Waals surface area contributed by atoms with Gasteiger partial charge in [-0.25, -0.2) is 14.5 Å². The lowest BCUT2D eigenvalue weighted by Crippen LogP contribution is -2.50. The smallest absolute Gasteiger partial charge is 0.236 e. The number of nitrogens with two attached hydrogens (primary N) is 1. The lowest BCUT2D eigenvalue weighted by Gasteiger charge is -2.35. The number of piperazine rings is 1. The Balaban J connectivity index is 1.58. The number of aryl methyl sites for hydroxylation is 1. The molecule has 0 aromatic carbocycles. The Morgan fingerprint density at radius 1 is 1.21 bits per heavy atom. The van der Waals surface area contributed by atoms with E-state index in [0.717, 1.165) is 41.2 Å². The fourth-order valence-corrected chi connectivity index (χ4v) is 4.10. The van der Waals surface area contributed by atoms with Gasteiger partial charge in [0.05, 0.1) is 35.8 Å². The van der Waals surface area contributed by atoms with Gasteiger partial charge in [-0.1, -0.05) is 0 Å². The predicted octanol–water partition coefficient (Wildman–Crippen LogP) is 1.31. The highest BCUT2D eigenvalue weighted by Gasteiger charge is 2.22. The van der Waals surface area contributed by atoms with Crippen molar-refractivity contribution >= 4 is 29.0 Å². The minimum atomic E-state index is 0.165. The highest BCUT2D eigenvalue weighted by Crippen LogP contribution is 2.28. The molecule has 0 aliphatic carbocycles. The molecule has 178 valence electrons. The van der Waals surface area contributed by atoms with E-state index in [4.69, 9.17) is 15.7 Å². The number of aliphatic imine (C=N–C) groups is 1. The van der Waals surface area contributed by atoms with E-state index in [1.807, 2.05) is 66.1 Å². The van der Waals surface area contributed by atoms with Gasteiger partial charge in [0.25, 0.3) is 0 Å². The second-order valence-electron chi connectivity index (χ2n) is 8.62. The van der Waals surface area contributed by atoms with Crippen molar-refractivity contribution in [2.24, 2.45) is 10.7 Å². The van der Waals surface area contributed by atoms with Crippen molar-refractivity contribution < 1.29 is 4.79 Å². The lowest BCUT2D eigenvalue weighted by molar-refractivity contribution is -0.132. The summed E-state index contributed by atoms with van der Waals surface area (Å²) in [7, 11) is 5.52. The van der Waals surface area contributed by atoms with Crippen molar-refractivity contribution in [3.63, 3.8) is 0 Å². The molecule has 1 saturated heterocycles. The summed E-state index contributed by atoms with van der Waals surface area (Å²) in [5, 5.41) is 4.47. The number of pyridine rings is 1. The largest absolute Gasteiger partial charge is 0.404 e. The van der Waals surface area contributed by atoms with Gasteiger partial charge in [0, 0.05) is 63.0 Å². The average Bonchev–Trinajstić information content (AvgIpc) is 3.22. The summed E-state index contributed by atoms with van der Waals surface area (Å²) in [5.41, 5.74) is 10.8. The van der Waals surface area contributed by atoms with E-state index >= 15 is 0 Å². The molecule has 1 amide bonds. The molecular weight excluding hydrogens is 430 g/mol. The SMILES string of the molecule is CN=CC(=CN)c1cn2ncc(C)c2c(-c2ccc(N3CCN(C(=O)CN(C)C)CC3)nc2)n1. The summed E-state index contributed by atoms with van der Waals surface area (Å²) in [6.45, 7) is 5.36. The maximum Gasteiger partial charge on any atom is 0.236 e. The number of allylic oxidation sites excluding steroid dienone is 1. The van der Waals surface area contributed by atoms with E-state index in [1.165, 1.54) is 6.20 Å². The first kappa shape index (κ1) is 23.4. The molecule has 0 bridgehead atoms. The van der Waals surface area contributed by atoms with E-state index in [2.05, 4.69) is 15.0 Å². The monoisotopic (exact) mass is 461 g/mol. The van der Waals surface area contributed by atoms with Crippen LogP contribution in [0.4, 0.5) is 5.82 Å². The Kier molecular flexibility index (Phi) is 6.87. The molecule has 3 aromatic rings. The van der Waals surface area contributed by atoms with E-state index in [0.29, 0.717) is 30.9 Å². The van der Waals surface area contributed by atoms with Gasteiger partial charge in [-0.2, -0.15) is 5.10 Å². The number of aromatic nitrogens is 4. The summed E-state index contributed by atoms with van der Waals surface area (Å²) in [5.74, 6) is 1.06. The molecule has 0 saturated carbocycles. The molecule has 1 aliphatic rings. The summed E-state index contributed by atoms with van der Waals surface area (Å²) in [4.78, 5) is 32.0. The van der Waals surface area contributed by atoms with Crippen LogP contribution >= 0.6 is 0 Å². The summed E-state index contributed by atoms with van der Waals surface area (Å²) >= 11 is 0. The van der Waals surface area contributed by atoms with Crippen molar-refractivity contribution in [3.05, 3.63) is 48.2 Å². The van der Waals surface area contributed by atoms with Crippen molar-refractivity contribution in [1.29, 1.82) is 0 Å². The van der Waals surface area contributed by atoms with Crippen molar-refractivity contribution in [3.8, 4) is 11.3 Å². The van der Waals surface area contributed by atoms with Gasteiger partial charge in [0.2, 0.25) is 5.91 Å². The zero-order valence-electron chi connectivity index (χ0n) is 20.1. The van der Waals surface area contributed by atoms with Gasteiger partial charge < -0.3 is 20.4 Å². The first-order valence-corrected chi connectivity index (χ1v) is 11.2. The van der Waals surface area contributed by atoms with Crippen molar-refractivity contribution in [2.75, 3.05) is 58.8 Å². The van der Waals surface area contributed by atoms with Gasteiger partial charge >= 0.3 is 0 Å². The van der Waals surface area contributed by atoms with Gasteiger partial charge in [0.1, 0.15) is 5.82 Å². The van der Waals surface area contributed by atoms with Crippen LogP contribution < -0.4 is 10.6 Å². The zero-order valence-corrected chi connectivity index (χ0v) is 20.1. The predicted molar refractivity (Wildman–Crippen MR) is 135 cm³/mol. The van der Waals surface area contributed by atoms with Crippen molar-refractivity contribution in [2.45, 2.75) is 6.92 Å². The standard InChI is InChI=1S/C24H31N9O/c1-17-12-28-33-15-20(19(11-25)13-26-2)29-23(24(17)33)18-5-6-21(27-14-18)31-7-9-32(10-8-31)22(34)16-30(3)4/h5-6,11-15H,7-10,16,25H2,1-4H3. The normalized spacial score (nSPS) is 15.1.